The lowest BCUT2D eigenvalue weighted by Gasteiger charge is -2.23. The first-order valence-electron chi connectivity index (χ1n) is 7.39. The molecular weight excluding hydrogens is 284 g/mol. The van der Waals surface area contributed by atoms with Crippen molar-refractivity contribution < 1.29 is 19.0 Å². The predicted molar refractivity (Wildman–Crippen MR) is 84.1 cm³/mol. The Morgan fingerprint density at radius 2 is 1.68 bits per heavy atom. The van der Waals surface area contributed by atoms with Crippen LogP contribution in [0.5, 0.6) is 17.2 Å². The number of carbonyl (C=O) groups is 1. The molecule has 22 heavy (non-hydrogen) atoms. The molecule has 1 fully saturated rings. The molecular formula is C16H24N2O4. The summed E-state index contributed by atoms with van der Waals surface area (Å²) in [6.07, 6.45) is 0.970. The molecule has 0 saturated carbocycles. The van der Waals surface area contributed by atoms with Crippen LogP contribution in [0.3, 0.4) is 0 Å². The minimum Gasteiger partial charge on any atom is -0.493 e. The van der Waals surface area contributed by atoms with Crippen molar-refractivity contribution in [2.45, 2.75) is 6.42 Å². The van der Waals surface area contributed by atoms with Crippen LogP contribution in [0, 0.1) is 0 Å². The van der Waals surface area contributed by atoms with Gasteiger partial charge in [0.2, 0.25) is 5.75 Å². The number of rotatable bonds is 4. The van der Waals surface area contributed by atoms with Gasteiger partial charge in [-0.25, -0.2) is 0 Å². The standard InChI is InChI=1S/C16H24N2O4/c1-17-8-5-9-18(11-10-17)16(19)12-6-7-13(20-2)15(22-4)14(12)21-3/h6-7H,5,8-11H2,1-4H3. The third kappa shape index (κ3) is 3.27. The first-order chi connectivity index (χ1) is 10.6. The Morgan fingerprint density at radius 1 is 0.955 bits per heavy atom. The normalized spacial score (nSPS) is 16.1. The Hall–Kier alpha value is -1.95. The summed E-state index contributed by atoms with van der Waals surface area (Å²) in [4.78, 5) is 16.9. The molecule has 6 nitrogen and oxygen atoms in total. The SMILES string of the molecule is COc1ccc(C(=O)N2CCCN(C)CC2)c(OC)c1OC. The lowest BCUT2D eigenvalue weighted by atomic mass is 10.1. The first kappa shape index (κ1) is 16.4. The van der Waals surface area contributed by atoms with Crippen LogP contribution < -0.4 is 14.2 Å². The van der Waals surface area contributed by atoms with Crippen LogP contribution in [0.4, 0.5) is 0 Å². The first-order valence-corrected chi connectivity index (χ1v) is 7.39. The lowest BCUT2D eigenvalue weighted by molar-refractivity contribution is 0.0758. The Morgan fingerprint density at radius 3 is 2.32 bits per heavy atom. The number of hydrogen-bond donors (Lipinski definition) is 0. The third-order valence-electron chi connectivity index (χ3n) is 3.94. The van der Waals surface area contributed by atoms with Crippen molar-refractivity contribution in [3.8, 4) is 17.2 Å². The van der Waals surface area contributed by atoms with E-state index >= 15 is 0 Å². The van der Waals surface area contributed by atoms with Crippen LogP contribution in [-0.2, 0) is 0 Å². The van der Waals surface area contributed by atoms with Crippen molar-refractivity contribution in [2.24, 2.45) is 0 Å². The summed E-state index contributed by atoms with van der Waals surface area (Å²) in [6.45, 7) is 3.35. The minimum absolute atomic E-state index is 0.0342. The second-order valence-electron chi connectivity index (χ2n) is 5.33. The quantitative estimate of drug-likeness (QED) is 0.843. The van der Waals surface area contributed by atoms with Gasteiger partial charge in [-0.05, 0) is 32.1 Å². The Bertz CT molecular complexity index is 533. The van der Waals surface area contributed by atoms with Gasteiger partial charge in [0.1, 0.15) is 0 Å². The van der Waals surface area contributed by atoms with Crippen molar-refractivity contribution in [3.05, 3.63) is 17.7 Å². The zero-order valence-electron chi connectivity index (χ0n) is 13.7. The minimum atomic E-state index is -0.0342. The molecule has 0 N–H and O–H groups in total. The number of likely N-dealkylation sites (N-methyl/N-ethyl adjacent to an activating group) is 1. The van der Waals surface area contributed by atoms with Crippen LogP contribution in [-0.4, -0.2) is 70.3 Å². The van der Waals surface area contributed by atoms with Crippen molar-refractivity contribution in [1.29, 1.82) is 0 Å². The Labute approximate surface area is 131 Å². The van der Waals surface area contributed by atoms with Gasteiger partial charge in [-0.2, -0.15) is 0 Å². The van der Waals surface area contributed by atoms with E-state index in [-0.39, 0.29) is 5.91 Å². The van der Waals surface area contributed by atoms with Crippen molar-refractivity contribution >= 4 is 5.91 Å². The highest BCUT2D eigenvalue weighted by Crippen LogP contribution is 2.40. The lowest BCUT2D eigenvalue weighted by Crippen LogP contribution is -2.34. The van der Waals surface area contributed by atoms with E-state index in [0.29, 0.717) is 29.4 Å². The molecule has 2 rings (SSSR count). The average Bonchev–Trinajstić information content (AvgIpc) is 2.77. The maximum Gasteiger partial charge on any atom is 0.257 e. The van der Waals surface area contributed by atoms with Crippen molar-refractivity contribution in [2.75, 3.05) is 54.6 Å². The molecule has 1 heterocycles. The van der Waals surface area contributed by atoms with Crippen LogP contribution in [0.15, 0.2) is 12.1 Å². The van der Waals surface area contributed by atoms with Crippen LogP contribution in [0.2, 0.25) is 0 Å². The smallest absolute Gasteiger partial charge is 0.257 e. The van der Waals surface area contributed by atoms with E-state index in [2.05, 4.69) is 11.9 Å². The van der Waals surface area contributed by atoms with Gasteiger partial charge in [-0.1, -0.05) is 0 Å². The van der Waals surface area contributed by atoms with E-state index in [4.69, 9.17) is 14.2 Å². The third-order valence-corrected chi connectivity index (χ3v) is 3.94. The number of ether oxygens (including phenoxy) is 3. The van der Waals surface area contributed by atoms with Crippen LogP contribution in [0.25, 0.3) is 0 Å². The number of amides is 1. The summed E-state index contributed by atoms with van der Waals surface area (Å²) < 4.78 is 16.0. The van der Waals surface area contributed by atoms with E-state index < -0.39 is 0 Å². The molecule has 0 atom stereocenters. The Balaban J connectivity index is 2.32. The molecule has 1 aliphatic rings. The fourth-order valence-electron chi connectivity index (χ4n) is 2.69. The molecule has 1 aromatic rings. The highest BCUT2D eigenvalue weighted by molar-refractivity contribution is 5.98. The number of nitrogens with zero attached hydrogens (tertiary/aromatic N) is 2. The zero-order chi connectivity index (χ0) is 16.1. The number of hydrogen-bond acceptors (Lipinski definition) is 5. The Kier molecular flexibility index (Phi) is 5.49. The highest BCUT2D eigenvalue weighted by Gasteiger charge is 2.25. The van der Waals surface area contributed by atoms with Gasteiger partial charge in [0, 0.05) is 19.6 Å². The molecule has 0 bridgehead atoms. The topological polar surface area (TPSA) is 51.2 Å². The maximum absolute atomic E-state index is 12.8. The number of carbonyl (C=O) groups excluding carboxylic acids is 1. The van der Waals surface area contributed by atoms with Gasteiger partial charge in [0.05, 0.1) is 26.9 Å². The molecule has 1 saturated heterocycles. The summed E-state index contributed by atoms with van der Waals surface area (Å²) in [7, 11) is 6.70. The van der Waals surface area contributed by atoms with Gasteiger partial charge in [0.25, 0.3) is 5.91 Å². The van der Waals surface area contributed by atoms with Crippen molar-refractivity contribution in [3.63, 3.8) is 0 Å². The largest absolute Gasteiger partial charge is 0.493 e. The summed E-state index contributed by atoms with van der Waals surface area (Å²) >= 11 is 0. The molecule has 0 unspecified atom stereocenters. The molecule has 0 aliphatic carbocycles. The second-order valence-corrected chi connectivity index (χ2v) is 5.33. The van der Waals surface area contributed by atoms with E-state index in [9.17, 15) is 4.79 Å². The molecule has 0 radical (unpaired) electrons. The molecule has 0 spiro atoms. The van der Waals surface area contributed by atoms with E-state index in [1.54, 1.807) is 19.2 Å². The number of methoxy groups -OCH3 is 3. The molecule has 1 aliphatic heterocycles. The van der Waals surface area contributed by atoms with Crippen molar-refractivity contribution in [1.82, 2.24) is 9.80 Å². The average molecular weight is 308 g/mol. The molecule has 1 amide bonds. The summed E-state index contributed by atoms with van der Waals surface area (Å²) in [6, 6.07) is 3.47. The fourth-order valence-corrected chi connectivity index (χ4v) is 2.69. The van der Waals surface area contributed by atoms with Gasteiger partial charge >= 0.3 is 0 Å². The molecule has 1 aromatic carbocycles. The van der Waals surface area contributed by atoms with E-state index in [1.165, 1.54) is 14.2 Å². The highest BCUT2D eigenvalue weighted by atomic mass is 16.5. The predicted octanol–water partition coefficient (Wildman–Crippen LogP) is 1.49. The number of benzene rings is 1. The van der Waals surface area contributed by atoms with Gasteiger partial charge in [-0.3, -0.25) is 4.79 Å². The van der Waals surface area contributed by atoms with E-state index in [1.807, 2.05) is 4.90 Å². The molecule has 0 aromatic heterocycles. The zero-order valence-corrected chi connectivity index (χ0v) is 13.7. The van der Waals surface area contributed by atoms with Gasteiger partial charge in [-0.15, -0.1) is 0 Å². The summed E-state index contributed by atoms with van der Waals surface area (Å²) in [5.41, 5.74) is 0.504. The van der Waals surface area contributed by atoms with Crippen LogP contribution in [0.1, 0.15) is 16.8 Å². The fraction of sp³-hybridized carbons (Fsp3) is 0.562. The second kappa shape index (κ2) is 7.35. The van der Waals surface area contributed by atoms with Gasteiger partial charge in [0.15, 0.2) is 11.5 Å². The summed E-state index contributed by atoms with van der Waals surface area (Å²) in [5.74, 6) is 1.38. The maximum atomic E-state index is 12.8. The summed E-state index contributed by atoms with van der Waals surface area (Å²) in [5, 5.41) is 0. The molecule has 122 valence electrons. The van der Waals surface area contributed by atoms with E-state index in [0.717, 1.165) is 26.1 Å². The molecule has 6 heteroatoms. The monoisotopic (exact) mass is 308 g/mol. The van der Waals surface area contributed by atoms with Crippen LogP contribution >= 0.6 is 0 Å². The van der Waals surface area contributed by atoms with Gasteiger partial charge < -0.3 is 24.0 Å².